The molecule has 0 radical (unpaired) electrons. The van der Waals surface area contributed by atoms with Crippen LogP contribution in [0.1, 0.15) is 31.2 Å². The van der Waals surface area contributed by atoms with Crippen LogP contribution < -0.4 is 10.2 Å². The smallest absolute Gasteiger partial charge is 0.254 e. The lowest BCUT2D eigenvalue weighted by molar-refractivity contribution is -0.142. The highest BCUT2D eigenvalue weighted by molar-refractivity contribution is 7.80. The van der Waals surface area contributed by atoms with Crippen molar-refractivity contribution >= 4 is 28.8 Å². The van der Waals surface area contributed by atoms with Gasteiger partial charge in [-0.15, -0.1) is 0 Å². The first-order valence-corrected chi connectivity index (χ1v) is 10.7. The highest BCUT2D eigenvalue weighted by atomic mass is 32.1. The number of anilines is 1. The lowest BCUT2D eigenvalue weighted by Crippen LogP contribution is -2.50. The predicted molar refractivity (Wildman–Crippen MR) is 114 cm³/mol. The Morgan fingerprint density at radius 3 is 2.53 bits per heavy atom. The maximum absolute atomic E-state index is 13.3. The molecule has 3 N–H and O–H groups in total. The van der Waals surface area contributed by atoms with E-state index in [1.165, 1.54) is 12.1 Å². The first kappa shape index (κ1) is 22.4. The van der Waals surface area contributed by atoms with Gasteiger partial charge < -0.3 is 25.3 Å². The van der Waals surface area contributed by atoms with E-state index >= 15 is 0 Å². The Balaban J connectivity index is 1.45. The molecule has 9 heteroatoms. The molecule has 0 saturated carbocycles. The second-order valence-corrected chi connectivity index (χ2v) is 8.31. The third-order valence-electron chi connectivity index (χ3n) is 5.84. The van der Waals surface area contributed by atoms with Crippen LogP contribution in [0.4, 0.5) is 10.1 Å². The molecule has 7 nitrogen and oxygen atoms in total. The number of piperidine rings is 1. The molecule has 2 saturated heterocycles. The molecule has 2 aliphatic heterocycles. The third-order valence-corrected chi connectivity index (χ3v) is 6.22. The number of likely N-dealkylation sites (tertiary alicyclic amines) is 1. The van der Waals surface area contributed by atoms with Crippen LogP contribution in [0.25, 0.3) is 0 Å². The predicted octanol–water partition coefficient (Wildman–Crippen LogP) is 1.17. The molecule has 2 heterocycles. The molecule has 30 heavy (non-hydrogen) atoms. The van der Waals surface area contributed by atoms with Gasteiger partial charge in [0, 0.05) is 32.7 Å². The van der Waals surface area contributed by atoms with Gasteiger partial charge in [0.2, 0.25) is 0 Å². The third kappa shape index (κ3) is 5.25. The van der Waals surface area contributed by atoms with Gasteiger partial charge in [-0.2, -0.15) is 5.26 Å². The SMILES string of the molecule is N#Cc1cc(F)ccc1N1CCC(CNC(=S)[C@H](O)[C@@H](O)C(=O)N2CCCC2)CC1. The Kier molecular flexibility index (Phi) is 7.58. The van der Waals surface area contributed by atoms with Crippen LogP contribution in [-0.2, 0) is 4.79 Å². The minimum absolute atomic E-state index is 0.0720. The molecule has 3 rings (SSSR count). The second-order valence-electron chi connectivity index (χ2n) is 7.87. The topological polar surface area (TPSA) is 99.8 Å². The largest absolute Gasteiger partial charge is 0.383 e. The molecule has 0 unspecified atom stereocenters. The molecule has 1 amide bonds. The number of aliphatic hydroxyl groups excluding tert-OH is 2. The molecule has 1 aromatic rings. The molecule has 0 spiro atoms. The van der Waals surface area contributed by atoms with Crippen molar-refractivity contribution in [3.05, 3.63) is 29.6 Å². The van der Waals surface area contributed by atoms with Crippen LogP contribution in [0.15, 0.2) is 18.2 Å². The van der Waals surface area contributed by atoms with Gasteiger partial charge in [-0.25, -0.2) is 4.39 Å². The summed E-state index contributed by atoms with van der Waals surface area (Å²) < 4.78 is 13.3. The van der Waals surface area contributed by atoms with Crippen LogP contribution in [0, 0.1) is 23.1 Å². The van der Waals surface area contributed by atoms with Crippen LogP contribution in [0.2, 0.25) is 0 Å². The zero-order chi connectivity index (χ0) is 21.7. The Bertz CT molecular complexity index is 817. The maximum Gasteiger partial charge on any atom is 0.254 e. The van der Waals surface area contributed by atoms with Gasteiger partial charge in [0.15, 0.2) is 6.10 Å². The molecular formula is C21H27FN4O3S. The van der Waals surface area contributed by atoms with E-state index in [1.807, 2.05) is 6.07 Å². The van der Waals surface area contributed by atoms with E-state index in [9.17, 15) is 24.7 Å². The number of nitrogens with one attached hydrogen (secondary N) is 1. The lowest BCUT2D eigenvalue weighted by Gasteiger charge is -2.34. The van der Waals surface area contributed by atoms with Crippen molar-refractivity contribution < 1.29 is 19.4 Å². The zero-order valence-electron chi connectivity index (χ0n) is 16.8. The van der Waals surface area contributed by atoms with Gasteiger partial charge in [0.1, 0.15) is 23.0 Å². The van der Waals surface area contributed by atoms with Crippen molar-refractivity contribution in [3.63, 3.8) is 0 Å². The van der Waals surface area contributed by atoms with Crippen LogP contribution in [-0.4, -0.2) is 70.9 Å². The summed E-state index contributed by atoms with van der Waals surface area (Å²) in [5.41, 5.74) is 1.06. The van der Waals surface area contributed by atoms with Crippen LogP contribution in [0.5, 0.6) is 0 Å². The van der Waals surface area contributed by atoms with Crippen molar-refractivity contribution in [3.8, 4) is 6.07 Å². The van der Waals surface area contributed by atoms with Gasteiger partial charge in [0.25, 0.3) is 5.91 Å². The van der Waals surface area contributed by atoms with Gasteiger partial charge >= 0.3 is 0 Å². The summed E-state index contributed by atoms with van der Waals surface area (Å²) in [4.78, 5) is 15.9. The van der Waals surface area contributed by atoms with Crippen molar-refractivity contribution in [2.75, 3.05) is 37.6 Å². The number of amides is 1. The Labute approximate surface area is 181 Å². The van der Waals surface area contributed by atoms with E-state index in [4.69, 9.17) is 12.2 Å². The standard InChI is InChI=1S/C21H27FN4O3S/c22-16-3-4-17(15(11-16)12-23)25-9-5-14(6-10-25)13-24-20(30)18(27)19(28)21(29)26-7-1-2-8-26/h3-4,11,14,18-19,27-28H,1-2,5-10,13H2,(H,24,30)/t18-,19-/m1/s1. The fourth-order valence-corrected chi connectivity index (χ4v) is 4.22. The van der Waals surface area contributed by atoms with E-state index in [0.29, 0.717) is 31.1 Å². The van der Waals surface area contributed by atoms with Crippen molar-refractivity contribution in [2.24, 2.45) is 5.92 Å². The van der Waals surface area contributed by atoms with E-state index in [1.54, 1.807) is 11.0 Å². The highest BCUT2D eigenvalue weighted by Gasteiger charge is 2.32. The van der Waals surface area contributed by atoms with Gasteiger partial charge in [-0.1, -0.05) is 12.2 Å². The van der Waals surface area contributed by atoms with E-state index in [2.05, 4.69) is 10.2 Å². The summed E-state index contributed by atoms with van der Waals surface area (Å²) in [5.74, 6) is -0.610. The van der Waals surface area contributed by atoms with Crippen molar-refractivity contribution in [1.82, 2.24) is 10.2 Å². The molecule has 0 bridgehead atoms. The van der Waals surface area contributed by atoms with E-state index < -0.39 is 23.9 Å². The number of nitrogens with zero attached hydrogens (tertiary/aromatic N) is 3. The number of carbonyl (C=O) groups is 1. The molecule has 162 valence electrons. The summed E-state index contributed by atoms with van der Waals surface area (Å²) in [6, 6.07) is 6.29. The average molecular weight is 435 g/mol. The second kappa shape index (κ2) is 10.2. The van der Waals surface area contributed by atoms with Crippen LogP contribution >= 0.6 is 12.2 Å². The Morgan fingerprint density at radius 1 is 1.23 bits per heavy atom. The van der Waals surface area contributed by atoms with Gasteiger partial charge in [0.05, 0.1) is 11.3 Å². The summed E-state index contributed by atoms with van der Waals surface area (Å²) >= 11 is 5.19. The monoisotopic (exact) mass is 434 g/mol. The normalized spacial score (nSPS) is 19.3. The van der Waals surface area contributed by atoms with Crippen molar-refractivity contribution in [1.29, 1.82) is 5.26 Å². The molecule has 0 aromatic heterocycles. The number of hydrogen-bond acceptors (Lipinski definition) is 6. The number of thiocarbonyl (C=S) groups is 1. The number of nitriles is 1. The van der Waals surface area contributed by atoms with Gasteiger partial charge in [-0.3, -0.25) is 4.79 Å². The summed E-state index contributed by atoms with van der Waals surface area (Å²) in [7, 11) is 0. The molecule has 1 aromatic carbocycles. The highest BCUT2D eigenvalue weighted by Crippen LogP contribution is 2.26. The zero-order valence-corrected chi connectivity index (χ0v) is 17.6. The Hall–Kier alpha value is -2.28. The van der Waals surface area contributed by atoms with Crippen LogP contribution in [0.3, 0.4) is 0 Å². The minimum Gasteiger partial charge on any atom is -0.383 e. The molecule has 2 atom stereocenters. The summed E-state index contributed by atoms with van der Waals surface area (Å²) in [6.07, 6.45) is 0.512. The van der Waals surface area contributed by atoms with Crippen molar-refractivity contribution in [2.45, 2.75) is 37.9 Å². The molecule has 0 aliphatic carbocycles. The molecule has 2 fully saturated rings. The lowest BCUT2D eigenvalue weighted by atomic mass is 9.95. The number of carbonyl (C=O) groups excluding carboxylic acids is 1. The minimum atomic E-state index is -1.55. The fraction of sp³-hybridized carbons (Fsp3) is 0.571. The maximum atomic E-state index is 13.3. The fourth-order valence-electron chi connectivity index (χ4n) is 4.00. The number of aliphatic hydroxyl groups is 2. The number of rotatable bonds is 6. The van der Waals surface area contributed by atoms with Gasteiger partial charge in [-0.05, 0) is 49.8 Å². The summed E-state index contributed by atoms with van der Waals surface area (Å²) in [5, 5.41) is 32.6. The number of halogens is 1. The number of hydrogen-bond donors (Lipinski definition) is 3. The quantitative estimate of drug-likeness (QED) is 0.578. The first-order valence-electron chi connectivity index (χ1n) is 10.3. The average Bonchev–Trinajstić information content (AvgIpc) is 3.31. The Morgan fingerprint density at radius 2 is 1.90 bits per heavy atom. The molecule has 2 aliphatic rings. The van der Waals surface area contributed by atoms with E-state index in [0.717, 1.165) is 44.5 Å². The number of benzene rings is 1. The molecular weight excluding hydrogens is 407 g/mol. The van der Waals surface area contributed by atoms with E-state index in [-0.39, 0.29) is 4.99 Å². The first-order chi connectivity index (χ1) is 14.4. The summed E-state index contributed by atoms with van der Waals surface area (Å²) in [6.45, 7) is 3.17.